The average molecular weight is 375 g/mol. The molecule has 150 valence electrons. The number of ether oxygens (including phenoxy) is 1. The molecule has 4 heteroatoms. The largest absolute Gasteiger partial charge is 0.481 e. The molecule has 0 amide bonds. The third-order valence-corrected chi connectivity index (χ3v) is 3.48. The van der Waals surface area contributed by atoms with Crippen LogP contribution in [0, 0.1) is 0 Å². The van der Waals surface area contributed by atoms with E-state index in [0.29, 0.717) is 6.61 Å². The average Bonchev–Trinajstić information content (AvgIpc) is 2.65. The van der Waals surface area contributed by atoms with Crippen LogP contribution in [0.5, 0.6) is 0 Å². The first-order chi connectivity index (χ1) is 13.2. The zero-order chi connectivity index (χ0) is 20.0. The summed E-state index contributed by atoms with van der Waals surface area (Å²) >= 11 is 0. The van der Waals surface area contributed by atoms with E-state index in [1.165, 1.54) is 0 Å². The molecule has 0 unspecified atom stereocenters. The molecule has 1 N–H and O–H groups in total. The highest BCUT2D eigenvalue weighted by Gasteiger charge is 2.05. The molecule has 0 saturated heterocycles. The second-order valence-electron chi connectivity index (χ2n) is 5.96. The minimum Gasteiger partial charge on any atom is -0.481 e. The maximum atomic E-state index is 11.2. The molecule has 0 bridgehead atoms. The number of carboxylic acid groups (broad SMARTS) is 1. The topological polar surface area (TPSA) is 63.6 Å². The van der Waals surface area contributed by atoms with Crippen molar-refractivity contribution in [1.29, 1.82) is 0 Å². The molecular formula is C23H34O4. The Balaban J connectivity index is 3.50. The van der Waals surface area contributed by atoms with Gasteiger partial charge in [-0.25, -0.2) is 0 Å². The fraction of sp³-hybridized carbons (Fsp3) is 0.478. The van der Waals surface area contributed by atoms with E-state index in [0.717, 1.165) is 44.9 Å². The van der Waals surface area contributed by atoms with Gasteiger partial charge in [0.05, 0.1) is 19.4 Å². The van der Waals surface area contributed by atoms with Gasteiger partial charge in [-0.15, -0.1) is 0 Å². The van der Waals surface area contributed by atoms with Gasteiger partial charge in [0.2, 0.25) is 0 Å². The van der Waals surface area contributed by atoms with Crippen molar-refractivity contribution in [1.82, 2.24) is 0 Å². The van der Waals surface area contributed by atoms with Crippen molar-refractivity contribution in [2.45, 2.75) is 64.7 Å². The number of allylic oxidation sites excluding steroid dienone is 10. The summed E-state index contributed by atoms with van der Waals surface area (Å²) < 4.78 is 4.95. The number of carbonyl (C=O) groups excluding carboxylic acids is 1. The minimum atomic E-state index is -0.981. The third kappa shape index (κ3) is 21.6. The predicted octanol–water partition coefficient (Wildman–Crippen LogP) is 5.93. The summed E-state index contributed by atoms with van der Waals surface area (Å²) in [6.07, 6.45) is 27.9. The highest BCUT2D eigenvalue weighted by Crippen LogP contribution is 1.99. The van der Waals surface area contributed by atoms with Crippen LogP contribution >= 0.6 is 0 Å². The number of hydrogen-bond donors (Lipinski definition) is 1. The highest BCUT2D eigenvalue weighted by atomic mass is 16.5. The Morgan fingerprint density at radius 3 is 1.70 bits per heavy atom. The second kappa shape index (κ2) is 20.0. The van der Waals surface area contributed by atoms with Crippen LogP contribution in [0.2, 0.25) is 0 Å². The van der Waals surface area contributed by atoms with E-state index in [2.05, 4.69) is 67.7 Å². The van der Waals surface area contributed by atoms with Gasteiger partial charge in [-0.05, 0) is 44.9 Å². The lowest BCUT2D eigenvalue weighted by atomic mass is 10.2. The zero-order valence-electron chi connectivity index (χ0n) is 16.5. The SMILES string of the molecule is CC/C=C\C/C=C\C/C=C\C/C=C\C/C=C\CCCOC(=O)CCC(=O)O. The molecule has 0 rings (SSSR count). The van der Waals surface area contributed by atoms with Crippen molar-refractivity contribution < 1.29 is 19.4 Å². The van der Waals surface area contributed by atoms with Crippen molar-refractivity contribution in [3.63, 3.8) is 0 Å². The van der Waals surface area contributed by atoms with Gasteiger partial charge < -0.3 is 9.84 Å². The van der Waals surface area contributed by atoms with E-state index in [1.807, 2.05) is 0 Å². The minimum absolute atomic E-state index is 0.0585. The quantitative estimate of drug-likeness (QED) is 0.207. The fourth-order valence-corrected chi connectivity index (χ4v) is 2.04. The van der Waals surface area contributed by atoms with E-state index < -0.39 is 11.9 Å². The van der Waals surface area contributed by atoms with Crippen LogP contribution in [-0.2, 0) is 14.3 Å². The molecule has 0 fully saturated rings. The van der Waals surface area contributed by atoms with Crippen molar-refractivity contribution in [3.8, 4) is 0 Å². The first-order valence-electron chi connectivity index (χ1n) is 9.79. The number of hydrogen-bond acceptors (Lipinski definition) is 3. The van der Waals surface area contributed by atoms with Crippen LogP contribution < -0.4 is 0 Å². The van der Waals surface area contributed by atoms with Crippen LogP contribution in [0.25, 0.3) is 0 Å². The lowest BCUT2D eigenvalue weighted by Crippen LogP contribution is -2.08. The van der Waals surface area contributed by atoms with Gasteiger partial charge >= 0.3 is 11.9 Å². The molecule has 0 aromatic carbocycles. The summed E-state index contributed by atoms with van der Waals surface area (Å²) in [6.45, 7) is 2.48. The van der Waals surface area contributed by atoms with Gasteiger partial charge in [0.15, 0.2) is 0 Å². The number of esters is 1. The number of aliphatic carboxylic acids is 1. The molecule has 4 nitrogen and oxygen atoms in total. The maximum Gasteiger partial charge on any atom is 0.306 e. The van der Waals surface area contributed by atoms with Crippen LogP contribution in [0.15, 0.2) is 60.8 Å². The van der Waals surface area contributed by atoms with Crippen molar-refractivity contribution in [3.05, 3.63) is 60.8 Å². The fourth-order valence-electron chi connectivity index (χ4n) is 2.04. The number of carboxylic acids is 1. The summed E-state index contributed by atoms with van der Waals surface area (Å²) in [4.78, 5) is 21.5. The van der Waals surface area contributed by atoms with Gasteiger partial charge in [0.1, 0.15) is 0 Å². The van der Waals surface area contributed by atoms with Crippen LogP contribution in [0.1, 0.15) is 64.7 Å². The standard InChI is InChI=1S/C23H34O4/c1-2-3-4-5-6-7-8-9-10-11-12-13-14-15-16-17-18-21-27-23(26)20-19-22(24)25/h3-4,6-7,9-10,12-13,15-16H,2,5,8,11,14,17-21H2,1H3,(H,24,25)/b4-3-,7-6-,10-9-,13-12-,16-15-. The van der Waals surface area contributed by atoms with E-state index in [4.69, 9.17) is 9.84 Å². The van der Waals surface area contributed by atoms with Gasteiger partial charge in [0.25, 0.3) is 0 Å². The molecule has 27 heavy (non-hydrogen) atoms. The summed E-state index contributed by atoms with van der Waals surface area (Å²) in [5.74, 6) is -1.42. The van der Waals surface area contributed by atoms with Gasteiger partial charge in [-0.2, -0.15) is 0 Å². The molecule has 0 heterocycles. The number of carbonyl (C=O) groups is 2. The van der Waals surface area contributed by atoms with Crippen LogP contribution in [-0.4, -0.2) is 23.7 Å². The van der Waals surface area contributed by atoms with Crippen molar-refractivity contribution in [2.24, 2.45) is 0 Å². The summed E-state index contributed by atoms with van der Waals surface area (Å²) in [5, 5.41) is 8.46. The summed E-state index contributed by atoms with van der Waals surface area (Å²) in [6, 6.07) is 0. The Kier molecular flexibility index (Phi) is 18.2. The van der Waals surface area contributed by atoms with Crippen molar-refractivity contribution in [2.75, 3.05) is 6.61 Å². The molecule has 0 aliphatic rings. The predicted molar refractivity (Wildman–Crippen MR) is 112 cm³/mol. The van der Waals surface area contributed by atoms with E-state index in [-0.39, 0.29) is 12.8 Å². The van der Waals surface area contributed by atoms with E-state index in [9.17, 15) is 9.59 Å². The molecule has 0 aliphatic heterocycles. The maximum absolute atomic E-state index is 11.2. The molecule has 0 aromatic rings. The molecule has 0 atom stereocenters. The van der Waals surface area contributed by atoms with Crippen LogP contribution in [0.4, 0.5) is 0 Å². The van der Waals surface area contributed by atoms with Gasteiger partial charge in [-0.1, -0.05) is 67.7 Å². The number of rotatable bonds is 16. The Morgan fingerprint density at radius 2 is 1.22 bits per heavy atom. The lowest BCUT2D eigenvalue weighted by Gasteiger charge is -2.01. The smallest absolute Gasteiger partial charge is 0.306 e. The molecular weight excluding hydrogens is 340 g/mol. The molecule has 0 aromatic heterocycles. The molecule has 0 spiro atoms. The number of unbranched alkanes of at least 4 members (excludes halogenated alkanes) is 1. The normalized spacial score (nSPS) is 12.3. The highest BCUT2D eigenvalue weighted by molar-refractivity contribution is 5.76. The zero-order valence-corrected chi connectivity index (χ0v) is 16.5. The molecule has 0 radical (unpaired) electrons. The Bertz CT molecular complexity index is 524. The van der Waals surface area contributed by atoms with E-state index in [1.54, 1.807) is 0 Å². The Hall–Kier alpha value is -2.36. The Labute approximate surface area is 164 Å². The summed E-state index contributed by atoms with van der Waals surface area (Å²) in [7, 11) is 0. The first kappa shape index (κ1) is 24.6. The van der Waals surface area contributed by atoms with Gasteiger partial charge in [-0.3, -0.25) is 9.59 Å². The lowest BCUT2D eigenvalue weighted by molar-refractivity contribution is -0.147. The monoisotopic (exact) mass is 374 g/mol. The second-order valence-corrected chi connectivity index (χ2v) is 5.96. The Morgan fingerprint density at radius 1 is 0.741 bits per heavy atom. The third-order valence-electron chi connectivity index (χ3n) is 3.48. The van der Waals surface area contributed by atoms with Crippen LogP contribution in [0.3, 0.4) is 0 Å². The first-order valence-corrected chi connectivity index (χ1v) is 9.79. The van der Waals surface area contributed by atoms with E-state index >= 15 is 0 Å². The van der Waals surface area contributed by atoms with Gasteiger partial charge in [0, 0.05) is 0 Å². The molecule has 0 aliphatic carbocycles. The summed E-state index contributed by atoms with van der Waals surface area (Å²) in [5.41, 5.74) is 0. The van der Waals surface area contributed by atoms with Crippen molar-refractivity contribution >= 4 is 11.9 Å². The molecule has 0 saturated carbocycles.